The summed E-state index contributed by atoms with van der Waals surface area (Å²) >= 11 is 0. The fraction of sp³-hybridized carbons (Fsp3) is 0.333. The molecule has 0 aliphatic rings. The zero-order valence-corrected chi connectivity index (χ0v) is 5.51. The zero-order chi connectivity index (χ0) is 8.27. The van der Waals surface area contributed by atoms with Crippen LogP contribution < -0.4 is 10.5 Å². The fourth-order valence-corrected chi connectivity index (χ4v) is 0.601. The third-order valence-corrected chi connectivity index (χ3v) is 1.06. The summed E-state index contributed by atoms with van der Waals surface area (Å²) in [5.41, 5.74) is 5.55. The molecule has 0 bridgehead atoms. The van der Waals surface area contributed by atoms with Crippen molar-refractivity contribution in [2.24, 2.45) is 5.73 Å². The van der Waals surface area contributed by atoms with Crippen molar-refractivity contribution in [2.75, 3.05) is 0 Å². The van der Waals surface area contributed by atoms with Gasteiger partial charge in [-0.25, -0.2) is 0 Å². The minimum Gasteiger partial charge on any atom is -0.422 e. The molecule has 0 amide bonds. The van der Waals surface area contributed by atoms with Gasteiger partial charge in [0.05, 0.1) is 5.56 Å². The summed E-state index contributed by atoms with van der Waals surface area (Å²) < 4.78 is 31.6. The number of hydrogen-bond acceptors (Lipinski definition) is 3. The molecule has 1 rings (SSSR count). The van der Waals surface area contributed by atoms with Crippen LogP contribution in [0.1, 0.15) is 5.56 Å². The molecule has 0 aliphatic carbocycles. The van der Waals surface area contributed by atoms with Crippen LogP contribution in [0, 0.1) is 6.26 Å². The van der Waals surface area contributed by atoms with E-state index in [4.69, 9.17) is 5.73 Å². The van der Waals surface area contributed by atoms with Gasteiger partial charge in [-0.05, 0) is 6.07 Å². The minimum atomic E-state index is -2.89. The van der Waals surface area contributed by atoms with Crippen molar-refractivity contribution in [3.8, 4) is 5.95 Å². The highest BCUT2D eigenvalue weighted by atomic mass is 19.3. The van der Waals surface area contributed by atoms with Gasteiger partial charge in [0.1, 0.15) is 0 Å². The van der Waals surface area contributed by atoms with E-state index in [0.29, 0.717) is 5.56 Å². The van der Waals surface area contributed by atoms with E-state index < -0.39 is 6.61 Å². The summed E-state index contributed by atoms with van der Waals surface area (Å²) in [6, 6.07) is 1.36. The van der Waals surface area contributed by atoms with E-state index in [-0.39, 0.29) is 12.5 Å². The Balaban J connectivity index is 2.68. The molecule has 0 atom stereocenters. The predicted molar refractivity (Wildman–Crippen MR) is 32.1 cm³/mol. The molecule has 0 fully saturated rings. The molecule has 61 valence electrons. The summed E-state index contributed by atoms with van der Waals surface area (Å²) in [7, 11) is 0. The summed E-state index contributed by atoms with van der Waals surface area (Å²) in [4.78, 5) is 0. The van der Waals surface area contributed by atoms with Crippen molar-refractivity contribution in [1.82, 2.24) is 0 Å². The largest absolute Gasteiger partial charge is 0.422 e. The molecule has 0 spiro atoms. The number of hydrogen-bond donors (Lipinski definition) is 1. The van der Waals surface area contributed by atoms with Crippen LogP contribution in [0.4, 0.5) is 8.78 Å². The van der Waals surface area contributed by atoms with Crippen LogP contribution in [0.15, 0.2) is 10.5 Å². The van der Waals surface area contributed by atoms with E-state index in [1.807, 2.05) is 0 Å². The maximum absolute atomic E-state index is 11.6. The van der Waals surface area contributed by atoms with Crippen LogP contribution >= 0.6 is 0 Å². The van der Waals surface area contributed by atoms with Gasteiger partial charge in [0, 0.05) is 6.54 Å². The molecule has 1 aromatic rings. The maximum Gasteiger partial charge on any atom is 0.389 e. The van der Waals surface area contributed by atoms with Gasteiger partial charge in [-0.1, -0.05) is 0 Å². The molecule has 0 saturated carbocycles. The van der Waals surface area contributed by atoms with Crippen molar-refractivity contribution in [3.05, 3.63) is 17.9 Å². The molecule has 11 heavy (non-hydrogen) atoms. The maximum atomic E-state index is 11.6. The molecule has 1 aromatic heterocycles. The van der Waals surface area contributed by atoms with E-state index in [1.54, 1.807) is 0 Å². The Kier molecular flexibility index (Phi) is 2.43. The summed E-state index contributed by atoms with van der Waals surface area (Å²) in [6.07, 6.45) is 2.24. The molecular formula is C6H6F2NO2. The van der Waals surface area contributed by atoms with Gasteiger partial charge >= 0.3 is 6.61 Å². The Morgan fingerprint density at radius 1 is 1.73 bits per heavy atom. The van der Waals surface area contributed by atoms with Gasteiger partial charge < -0.3 is 14.9 Å². The van der Waals surface area contributed by atoms with Crippen LogP contribution in [-0.4, -0.2) is 6.61 Å². The van der Waals surface area contributed by atoms with Crippen molar-refractivity contribution >= 4 is 0 Å². The lowest BCUT2D eigenvalue weighted by atomic mass is 10.3. The van der Waals surface area contributed by atoms with Crippen LogP contribution in [0.2, 0.25) is 0 Å². The fourth-order valence-electron chi connectivity index (χ4n) is 0.601. The third kappa shape index (κ3) is 1.91. The first kappa shape index (κ1) is 8.00. The number of halogens is 2. The average Bonchev–Trinajstić information content (AvgIpc) is 2.34. The molecule has 0 aliphatic heterocycles. The standard InChI is InChI=1S/C6H6F2NO2/c7-6(8)11-5-4(3-9)1-2-10-5/h1,6H,3,9H2. The molecule has 0 unspecified atom stereocenters. The predicted octanol–water partition coefficient (Wildman–Crippen LogP) is 1.14. The van der Waals surface area contributed by atoms with Crippen LogP contribution in [0.5, 0.6) is 5.95 Å². The second-order valence-electron chi connectivity index (χ2n) is 1.76. The molecule has 2 N–H and O–H groups in total. The lowest BCUT2D eigenvalue weighted by molar-refractivity contribution is -0.0645. The topological polar surface area (TPSA) is 48.4 Å². The lowest BCUT2D eigenvalue weighted by Gasteiger charge is -2.00. The second-order valence-corrected chi connectivity index (χ2v) is 1.76. The smallest absolute Gasteiger partial charge is 0.389 e. The molecule has 5 heteroatoms. The van der Waals surface area contributed by atoms with Crippen molar-refractivity contribution < 1.29 is 17.9 Å². The van der Waals surface area contributed by atoms with Gasteiger partial charge in [0.15, 0.2) is 6.26 Å². The third-order valence-electron chi connectivity index (χ3n) is 1.06. The quantitative estimate of drug-likeness (QED) is 0.724. The Hall–Kier alpha value is -1.10. The van der Waals surface area contributed by atoms with Gasteiger partial charge in [0.2, 0.25) is 0 Å². The van der Waals surface area contributed by atoms with Crippen molar-refractivity contribution in [3.63, 3.8) is 0 Å². The van der Waals surface area contributed by atoms with E-state index in [2.05, 4.69) is 15.4 Å². The highest BCUT2D eigenvalue weighted by molar-refractivity contribution is 5.21. The van der Waals surface area contributed by atoms with Crippen LogP contribution in [0.3, 0.4) is 0 Å². The van der Waals surface area contributed by atoms with Gasteiger partial charge in [-0.15, -0.1) is 0 Å². The molecule has 1 radical (unpaired) electrons. The van der Waals surface area contributed by atoms with E-state index in [1.165, 1.54) is 6.07 Å². The SMILES string of the molecule is NCc1c[c]oc1OC(F)F. The number of alkyl halides is 2. The van der Waals surface area contributed by atoms with E-state index in [9.17, 15) is 8.78 Å². The lowest BCUT2D eigenvalue weighted by Crippen LogP contribution is -2.04. The second kappa shape index (κ2) is 3.34. The van der Waals surface area contributed by atoms with Gasteiger partial charge in [-0.2, -0.15) is 8.78 Å². The number of furan rings is 1. The Bertz CT molecular complexity index is 224. The first-order chi connectivity index (χ1) is 5.24. The monoisotopic (exact) mass is 162 g/mol. The summed E-state index contributed by atoms with van der Waals surface area (Å²) in [5, 5.41) is 0. The normalized spacial score (nSPS) is 10.5. The van der Waals surface area contributed by atoms with Gasteiger partial charge in [0.25, 0.3) is 5.95 Å². The van der Waals surface area contributed by atoms with E-state index in [0.717, 1.165) is 0 Å². The van der Waals surface area contributed by atoms with Crippen LogP contribution in [-0.2, 0) is 6.54 Å². The highest BCUT2D eigenvalue weighted by Gasteiger charge is 2.11. The first-order valence-electron chi connectivity index (χ1n) is 2.87. The molecule has 0 saturated heterocycles. The van der Waals surface area contributed by atoms with Crippen molar-refractivity contribution in [2.45, 2.75) is 13.2 Å². The van der Waals surface area contributed by atoms with E-state index >= 15 is 0 Å². The number of ether oxygens (including phenoxy) is 1. The Morgan fingerprint density at radius 3 is 3.00 bits per heavy atom. The highest BCUT2D eigenvalue weighted by Crippen LogP contribution is 2.20. The summed E-state index contributed by atoms with van der Waals surface area (Å²) in [5.74, 6) is -0.262. The van der Waals surface area contributed by atoms with Gasteiger partial charge in [-0.3, -0.25) is 0 Å². The summed E-state index contributed by atoms with van der Waals surface area (Å²) in [6.45, 7) is -2.80. The average molecular weight is 162 g/mol. The molecule has 0 aromatic carbocycles. The number of rotatable bonds is 3. The van der Waals surface area contributed by atoms with Crippen molar-refractivity contribution in [1.29, 1.82) is 0 Å². The first-order valence-corrected chi connectivity index (χ1v) is 2.87. The number of nitrogens with two attached hydrogens (primary N) is 1. The minimum absolute atomic E-state index is 0.0923. The molecule has 3 nitrogen and oxygen atoms in total. The molecular weight excluding hydrogens is 156 g/mol. The molecule has 1 heterocycles. The van der Waals surface area contributed by atoms with Crippen LogP contribution in [0.25, 0.3) is 0 Å². The Morgan fingerprint density at radius 2 is 2.45 bits per heavy atom. The Labute approximate surface area is 61.7 Å². The zero-order valence-electron chi connectivity index (χ0n) is 5.51.